The highest BCUT2D eigenvalue weighted by Gasteiger charge is 2.27. The lowest BCUT2D eigenvalue weighted by molar-refractivity contribution is 0.0518. The molecule has 0 spiro atoms. The Morgan fingerprint density at radius 1 is 0.705 bits per heavy atom. The van der Waals surface area contributed by atoms with E-state index in [1.54, 1.807) is 0 Å². The van der Waals surface area contributed by atoms with Crippen LogP contribution in [0.4, 0.5) is 0 Å². The molecule has 0 saturated carbocycles. The molecule has 5 aromatic rings. The van der Waals surface area contributed by atoms with Crippen LogP contribution in [0.2, 0.25) is 0 Å². The molecular weight excluding hydrogens is 546 g/mol. The SMILES string of the molecule is CCOC(=O)c1c(-c2ccc(OC(C)C)cc2)c2cc(-c3ccc(C(C)(C)C)cc3)ccc2n1-c1ccc(OC(C)C)cc1. The lowest BCUT2D eigenvalue weighted by Crippen LogP contribution is -2.12. The van der Waals surface area contributed by atoms with Crippen molar-refractivity contribution in [1.82, 2.24) is 4.57 Å². The van der Waals surface area contributed by atoms with Gasteiger partial charge in [-0.1, -0.05) is 63.2 Å². The number of hydrogen-bond acceptors (Lipinski definition) is 4. The normalized spacial score (nSPS) is 11.8. The van der Waals surface area contributed by atoms with Gasteiger partial charge in [-0.25, -0.2) is 4.79 Å². The summed E-state index contributed by atoms with van der Waals surface area (Å²) in [6.07, 6.45) is 0.126. The Balaban J connectivity index is 1.76. The molecule has 4 aromatic carbocycles. The van der Waals surface area contributed by atoms with E-state index in [1.807, 2.05) is 87.7 Å². The van der Waals surface area contributed by atoms with E-state index in [9.17, 15) is 4.79 Å². The van der Waals surface area contributed by atoms with Crippen LogP contribution in [0.25, 0.3) is 38.8 Å². The van der Waals surface area contributed by atoms with Crippen molar-refractivity contribution in [3.63, 3.8) is 0 Å². The van der Waals surface area contributed by atoms with Gasteiger partial charge in [-0.15, -0.1) is 0 Å². The second-order valence-electron chi connectivity index (χ2n) is 12.7. The van der Waals surface area contributed by atoms with E-state index < -0.39 is 0 Å². The second kappa shape index (κ2) is 12.6. The van der Waals surface area contributed by atoms with E-state index in [1.165, 1.54) is 5.56 Å². The second-order valence-corrected chi connectivity index (χ2v) is 12.7. The van der Waals surface area contributed by atoms with E-state index in [-0.39, 0.29) is 30.2 Å². The molecule has 0 radical (unpaired) electrons. The molecule has 0 fully saturated rings. The Morgan fingerprint density at radius 3 is 1.75 bits per heavy atom. The number of carbonyl (C=O) groups is 1. The van der Waals surface area contributed by atoms with E-state index in [0.717, 1.165) is 50.3 Å². The number of nitrogens with zero attached hydrogens (tertiary/aromatic N) is 1. The molecule has 0 aliphatic rings. The topological polar surface area (TPSA) is 49.7 Å². The van der Waals surface area contributed by atoms with Crippen molar-refractivity contribution in [3.05, 3.63) is 102 Å². The number of hydrogen-bond donors (Lipinski definition) is 0. The molecule has 0 N–H and O–H groups in total. The van der Waals surface area contributed by atoms with Gasteiger partial charge >= 0.3 is 5.97 Å². The van der Waals surface area contributed by atoms with Crippen LogP contribution in [0.1, 0.15) is 71.4 Å². The molecule has 44 heavy (non-hydrogen) atoms. The molecule has 0 saturated heterocycles. The van der Waals surface area contributed by atoms with Gasteiger partial charge in [-0.05, 0) is 111 Å². The van der Waals surface area contributed by atoms with Crippen molar-refractivity contribution in [2.45, 2.75) is 73.0 Å². The van der Waals surface area contributed by atoms with Crippen molar-refractivity contribution in [2.24, 2.45) is 0 Å². The highest BCUT2D eigenvalue weighted by molar-refractivity contribution is 6.10. The molecule has 0 bridgehead atoms. The third kappa shape index (κ3) is 6.52. The van der Waals surface area contributed by atoms with Crippen molar-refractivity contribution in [3.8, 4) is 39.4 Å². The van der Waals surface area contributed by atoms with Crippen LogP contribution >= 0.6 is 0 Å². The largest absolute Gasteiger partial charge is 0.491 e. The fourth-order valence-corrected chi connectivity index (χ4v) is 5.50. The van der Waals surface area contributed by atoms with Gasteiger partial charge in [0, 0.05) is 16.6 Å². The maximum atomic E-state index is 13.8. The van der Waals surface area contributed by atoms with E-state index in [2.05, 4.69) is 63.2 Å². The van der Waals surface area contributed by atoms with Crippen LogP contribution in [0, 0.1) is 0 Å². The average molecular weight is 590 g/mol. The molecule has 1 aromatic heterocycles. The minimum atomic E-state index is -0.375. The summed E-state index contributed by atoms with van der Waals surface area (Å²) >= 11 is 0. The van der Waals surface area contributed by atoms with E-state index in [4.69, 9.17) is 14.2 Å². The number of aromatic nitrogens is 1. The van der Waals surface area contributed by atoms with Gasteiger partial charge in [0.2, 0.25) is 0 Å². The summed E-state index contributed by atoms with van der Waals surface area (Å²) in [7, 11) is 0. The zero-order valence-corrected chi connectivity index (χ0v) is 27.1. The Morgan fingerprint density at radius 2 is 1.23 bits per heavy atom. The zero-order chi connectivity index (χ0) is 31.6. The average Bonchev–Trinajstić information content (AvgIpc) is 3.32. The van der Waals surface area contributed by atoms with Crippen molar-refractivity contribution >= 4 is 16.9 Å². The molecule has 5 nitrogen and oxygen atoms in total. The fraction of sp³-hybridized carbons (Fsp3) is 0.308. The monoisotopic (exact) mass is 589 g/mol. The van der Waals surface area contributed by atoms with Crippen LogP contribution in [-0.4, -0.2) is 29.4 Å². The Labute approximate surface area is 261 Å². The van der Waals surface area contributed by atoms with Gasteiger partial charge < -0.3 is 18.8 Å². The van der Waals surface area contributed by atoms with Crippen LogP contribution < -0.4 is 9.47 Å². The maximum absolute atomic E-state index is 13.8. The first kappa shape index (κ1) is 30.9. The Bertz CT molecular complexity index is 1740. The Hall–Kier alpha value is -4.51. The van der Waals surface area contributed by atoms with Gasteiger partial charge in [0.05, 0.1) is 24.3 Å². The Kier molecular flexibility index (Phi) is 8.87. The van der Waals surface area contributed by atoms with Gasteiger partial charge in [0.15, 0.2) is 0 Å². The van der Waals surface area contributed by atoms with Gasteiger partial charge in [-0.3, -0.25) is 0 Å². The molecule has 5 heteroatoms. The molecule has 0 aliphatic heterocycles. The third-order valence-electron chi connectivity index (χ3n) is 7.50. The van der Waals surface area contributed by atoms with Crippen molar-refractivity contribution < 1.29 is 19.0 Å². The van der Waals surface area contributed by atoms with Gasteiger partial charge in [-0.2, -0.15) is 0 Å². The lowest BCUT2D eigenvalue weighted by atomic mass is 9.86. The van der Waals surface area contributed by atoms with Crippen LogP contribution in [0.3, 0.4) is 0 Å². The molecule has 0 aliphatic carbocycles. The molecule has 228 valence electrons. The van der Waals surface area contributed by atoms with Crippen LogP contribution in [0.15, 0.2) is 91.0 Å². The maximum Gasteiger partial charge on any atom is 0.355 e. The molecular formula is C39H43NO4. The smallest absolute Gasteiger partial charge is 0.355 e. The number of rotatable bonds is 9. The molecule has 1 heterocycles. The molecule has 0 amide bonds. The quantitative estimate of drug-likeness (QED) is 0.161. The van der Waals surface area contributed by atoms with Gasteiger partial charge in [0.25, 0.3) is 0 Å². The zero-order valence-electron chi connectivity index (χ0n) is 27.1. The summed E-state index contributed by atoms with van der Waals surface area (Å²) < 4.78 is 19.5. The summed E-state index contributed by atoms with van der Waals surface area (Å²) in [5, 5.41) is 0.963. The van der Waals surface area contributed by atoms with E-state index >= 15 is 0 Å². The minimum absolute atomic E-state index is 0.0627. The van der Waals surface area contributed by atoms with Crippen molar-refractivity contribution in [1.29, 1.82) is 0 Å². The summed E-state index contributed by atoms with van der Waals surface area (Å²) in [4.78, 5) is 13.8. The number of carbonyl (C=O) groups excluding carboxylic acids is 1. The number of esters is 1. The highest BCUT2D eigenvalue weighted by Crippen LogP contribution is 2.40. The standard InChI is InChI=1S/C39H43NO4/c1-9-42-38(41)37-36(28-12-19-32(20-13-28)43-25(2)3)34-24-29(27-10-15-30(16-11-27)39(6,7)8)14-23-35(34)40(37)31-17-21-33(22-18-31)44-26(4)5/h10-26H,9H2,1-8H3. The first-order valence-corrected chi connectivity index (χ1v) is 15.5. The number of benzene rings is 4. The van der Waals surface area contributed by atoms with Crippen LogP contribution in [-0.2, 0) is 10.2 Å². The summed E-state index contributed by atoms with van der Waals surface area (Å²) in [6, 6.07) is 31.0. The first-order valence-electron chi connectivity index (χ1n) is 15.5. The lowest BCUT2D eigenvalue weighted by Gasteiger charge is -2.19. The highest BCUT2D eigenvalue weighted by atomic mass is 16.5. The molecule has 0 atom stereocenters. The minimum Gasteiger partial charge on any atom is -0.491 e. The summed E-state index contributed by atoms with van der Waals surface area (Å²) in [5.41, 5.74) is 7.53. The molecule has 0 unspecified atom stereocenters. The van der Waals surface area contributed by atoms with Crippen LogP contribution in [0.5, 0.6) is 11.5 Å². The molecule has 5 rings (SSSR count). The summed E-state index contributed by atoms with van der Waals surface area (Å²) in [6.45, 7) is 16.8. The van der Waals surface area contributed by atoms with Gasteiger partial charge in [0.1, 0.15) is 17.2 Å². The predicted octanol–water partition coefficient (Wildman–Crippen LogP) is 10.0. The van der Waals surface area contributed by atoms with Crippen molar-refractivity contribution in [2.75, 3.05) is 6.61 Å². The first-order chi connectivity index (χ1) is 21.0. The predicted molar refractivity (Wildman–Crippen MR) is 180 cm³/mol. The number of fused-ring (bicyclic) bond motifs is 1. The third-order valence-corrected chi connectivity index (χ3v) is 7.50. The summed E-state index contributed by atoms with van der Waals surface area (Å²) in [5.74, 6) is 1.19. The fourth-order valence-electron chi connectivity index (χ4n) is 5.50. The van der Waals surface area contributed by atoms with E-state index in [0.29, 0.717) is 5.69 Å². The number of ether oxygens (including phenoxy) is 3.